The summed E-state index contributed by atoms with van der Waals surface area (Å²) in [5, 5.41) is 9.80. The van der Waals surface area contributed by atoms with Gasteiger partial charge in [0, 0.05) is 0 Å². The van der Waals surface area contributed by atoms with Crippen molar-refractivity contribution in [2.75, 3.05) is 0 Å². The molecule has 0 amide bonds. The molecule has 30 heavy (non-hydrogen) atoms. The van der Waals surface area contributed by atoms with Crippen LogP contribution in [0.1, 0.15) is 88.6 Å². The van der Waals surface area contributed by atoms with Gasteiger partial charge in [-0.1, -0.05) is 89.2 Å². The third-order valence-electron chi connectivity index (χ3n) is 7.18. The monoisotopic (exact) mass is 452 g/mol. The van der Waals surface area contributed by atoms with E-state index in [4.69, 9.17) is 8.85 Å². The Bertz CT molecular complexity index is 623. The largest absolute Gasteiger partial charge is 0.540 e. The summed E-state index contributed by atoms with van der Waals surface area (Å²) in [4.78, 5) is 0. The Hall–Kier alpha value is -0.786. The van der Waals surface area contributed by atoms with Crippen LogP contribution in [-0.2, 0) is 6.61 Å². The zero-order chi connectivity index (χ0) is 23.4. The lowest BCUT2D eigenvalue weighted by atomic mass is 10.2. The highest BCUT2D eigenvalue weighted by Gasteiger charge is 2.49. The van der Waals surface area contributed by atoms with E-state index in [1.54, 1.807) is 0 Å². The molecular formula is C25H48O3Si2. The minimum atomic E-state index is -2.14. The predicted octanol–water partition coefficient (Wildman–Crippen LogP) is 8.29. The van der Waals surface area contributed by atoms with E-state index in [0.29, 0.717) is 33.2 Å². The van der Waals surface area contributed by atoms with E-state index in [9.17, 15) is 5.11 Å². The van der Waals surface area contributed by atoms with Gasteiger partial charge < -0.3 is 14.0 Å². The van der Waals surface area contributed by atoms with Crippen LogP contribution >= 0.6 is 0 Å². The van der Waals surface area contributed by atoms with Gasteiger partial charge in [-0.25, -0.2) is 0 Å². The van der Waals surface area contributed by atoms with Gasteiger partial charge in [0.1, 0.15) is 11.5 Å². The van der Waals surface area contributed by atoms with E-state index in [2.05, 4.69) is 83.1 Å². The van der Waals surface area contributed by atoms with Crippen molar-refractivity contribution >= 4 is 16.6 Å². The molecule has 0 aliphatic carbocycles. The second-order valence-electron chi connectivity index (χ2n) is 10.8. The molecule has 1 N–H and O–H groups in total. The summed E-state index contributed by atoms with van der Waals surface area (Å²) in [6.45, 7) is 27.7. The summed E-state index contributed by atoms with van der Waals surface area (Å²) in [6, 6.07) is 6.03. The number of benzene rings is 1. The Labute approximate surface area is 188 Å². The summed E-state index contributed by atoms with van der Waals surface area (Å²) < 4.78 is 14.1. The number of hydrogen-bond acceptors (Lipinski definition) is 3. The Morgan fingerprint density at radius 2 is 0.933 bits per heavy atom. The quantitative estimate of drug-likeness (QED) is 0.343. The van der Waals surface area contributed by atoms with Gasteiger partial charge in [-0.15, -0.1) is 0 Å². The van der Waals surface area contributed by atoms with Crippen molar-refractivity contribution < 1.29 is 14.0 Å². The first-order valence-electron chi connectivity index (χ1n) is 11.9. The molecule has 0 aliphatic rings. The van der Waals surface area contributed by atoms with E-state index < -0.39 is 16.6 Å². The van der Waals surface area contributed by atoms with Gasteiger partial charge in [0.25, 0.3) is 16.6 Å². The molecule has 3 nitrogen and oxygen atoms in total. The van der Waals surface area contributed by atoms with Gasteiger partial charge in [0.2, 0.25) is 0 Å². The first-order valence-corrected chi connectivity index (χ1v) is 16.2. The molecule has 0 saturated heterocycles. The van der Waals surface area contributed by atoms with Gasteiger partial charge >= 0.3 is 0 Å². The fourth-order valence-electron chi connectivity index (χ4n) is 5.90. The summed E-state index contributed by atoms with van der Waals surface area (Å²) >= 11 is 0. The van der Waals surface area contributed by atoms with Crippen molar-refractivity contribution in [1.29, 1.82) is 0 Å². The van der Waals surface area contributed by atoms with E-state index >= 15 is 0 Å². The summed E-state index contributed by atoms with van der Waals surface area (Å²) in [5.41, 5.74) is 3.78. The molecule has 0 unspecified atom stereocenters. The summed E-state index contributed by atoms with van der Waals surface area (Å²) in [7, 11) is -4.25. The van der Waals surface area contributed by atoms with Crippen LogP contribution in [0.4, 0.5) is 0 Å². The Kier molecular flexibility index (Phi) is 9.71. The molecule has 0 bridgehead atoms. The maximum atomic E-state index is 9.80. The molecule has 1 aromatic rings. The Balaban J connectivity index is 3.64. The lowest BCUT2D eigenvalue weighted by Crippen LogP contribution is -2.52. The van der Waals surface area contributed by atoms with Crippen molar-refractivity contribution in [1.82, 2.24) is 0 Å². The van der Waals surface area contributed by atoms with Gasteiger partial charge in [0.15, 0.2) is 0 Å². The fourth-order valence-corrected chi connectivity index (χ4v) is 16.4. The van der Waals surface area contributed by atoms with Gasteiger partial charge in [-0.3, -0.25) is 0 Å². The van der Waals surface area contributed by atoms with Crippen LogP contribution < -0.4 is 8.85 Å². The predicted molar refractivity (Wildman–Crippen MR) is 136 cm³/mol. The van der Waals surface area contributed by atoms with Gasteiger partial charge in [-0.05, 0) is 50.9 Å². The van der Waals surface area contributed by atoms with E-state index in [-0.39, 0.29) is 6.61 Å². The van der Waals surface area contributed by atoms with E-state index in [1.165, 1.54) is 0 Å². The molecule has 0 aromatic heterocycles. The van der Waals surface area contributed by atoms with Crippen molar-refractivity contribution in [2.45, 2.75) is 123 Å². The maximum absolute atomic E-state index is 9.80. The molecule has 0 radical (unpaired) electrons. The Morgan fingerprint density at radius 3 is 1.23 bits per heavy atom. The van der Waals surface area contributed by atoms with Crippen molar-refractivity contribution in [3.05, 3.63) is 23.8 Å². The van der Waals surface area contributed by atoms with Crippen molar-refractivity contribution in [3.63, 3.8) is 0 Å². The number of aliphatic hydroxyl groups excluding tert-OH is 1. The van der Waals surface area contributed by atoms with Crippen LogP contribution in [0.3, 0.4) is 0 Å². The SMILES string of the molecule is CC(C)[Si](Oc1ccc(CO)cc1O[Si](C(C)C)(C(C)C)C(C)C)(C(C)C)C(C)C. The van der Waals surface area contributed by atoms with Crippen LogP contribution in [0.5, 0.6) is 11.5 Å². The van der Waals surface area contributed by atoms with Crippen LogP contribution in [0.15, 0.2) is 18.2 Å². The normalized spacial score (nSPS) is 13.4. The molecule has 0 heterocycles. The van der Waals surface area contributed by atoms with Crippen LogP contribution in [0.25, 0.3) is 0 Å². The average molecular weight is 453 g/mol. The second-order valence-corrected chi connectivity index (χ2v) is 21.5. The molecule has 0 fully saturated rings. The molecule has 0 atom stereocenters. The lowest BCUT2D eigenvalue weighted by molar-refractivity contribution is 0.281. The van der Waals surface area contributed by atoms with Gasteiger partial charge in [-0.2, -0.15) is 0 Å². The van der Waals surface area contributed by atoms with Crippen LogP contribution in [0.2, 0.25) is 33.2 Å². The molecule has 1 rings (SSSR count). The number of aliphatic hydroxyl groups is 1. The number of rotatable bonds is 11. The minimum absolute atomic E-state index is 0.0113. The average Bonchev–Trinajstić information content (AvgIpc) is 2.62. The molecule has 174 valence electrons. The highest BCUT2D eigenvalue weighted by Crippen LogP contribution is 2.48. The molecule has 0 spiro atoms. The summed E-state index contributed by atoms with van der Waals surface area (Å²) in [6.07, 6.45) is 0. The molecule has 1 aromatic carbocycles. The van der Waals surface area contributed by atoms with Crippen LogP contribution in [0, 0.1) is 0 Å². The van der Waals surface area contributed by atoms with E-state index in [0.717, 1.165) is 17.1 Å². The molecule has 0 aliphatic heterocycles. The minimum Gasteiger partial charge on any atom is -0.540 e. The Morgan fingerprint density at radius 1 is 0.600 bits per heavy atom. The van der Waals surface area contributed by atoms with E-state index in [1.807, 2.05) is 18.2 Å². The third-order valence-corrected chi connectivity index (χ3v) is 19.2. The lowest BCUT2D eigenvalue weighted by Gasteiger charge is -2.45. The second kappa shape index (κ2) is 10.7. The molecule has 0 saturated carbocycles. The fraction of sp³-hybridized carbons (Fsp3) is 0.760. The maximum Gasteiger partial charge on any atom is 0.258 e. The first kappa shape index (κ1) is 27.2. The molecule has 5 heteroatoms. The first-order chi connectivity index (χ1) is 13.8. The van der Waals surface area contributed by atoms with Crippen molar-refractivity contribution in [2.24, 2.45) is 0 Å². The third kappa shape index (κ3) is 5.16. The smallest absolute Gasteiger partial charge is 0.258 e. The molecular weight excluding hydrogens is 404 g/mol. The standard InChI is InChI=1S/C25H48O3Si2/c1-17(2)29(18(3)4,19(5)6)27-24-14-13-23(16-26)15-25(24)28-30(20(7)8,21(9)10)22(11)12/h13-15,17-22,26H,16H2,1-12H3. The highest BCUT2D eigenvalue weighted by molar-refractivity contribution is 6.79. The van der Waals surface area contributed by atoms with Gasteiger partial charge in [0.05, 0.1) is 6.61 Å². The topological polar surface area (TPSA) is 38.7 Å². The summed E-state index contributed by atoms with van der Waals surface area (Å²) in [5.74, 6) is 1.71. The number of hydrogen-bond donors (Lipinski definition) is 1. The highest BCUT2D eigenvalue weighted by atomic mass is 28.4. The zero-order valence-electron chi connectivity index (χ0n) is 21.7. The van der Waals surface area contributed by atoms with Crippen LogP contribution in [-0.4, -0.2) is 21.7 Å². The van der Waals surface area contributed by atoms with Crippen molar-refractivity contribution in [3.8, 4) is 11.5 Å². The zero-order valence-corrected chi connectivity index (χ0v) is 23.7.